The van der Waals surface area contributed by atoms with Gasteiger partial charge in [0, 0.05) is 18.1 Å². The first-order chi connectivity index (χ1) is 13.2. The Morgan fingerprint density at radius 2 is 1.78 bits per heavy atom. The smallest absolute Gasteiger partial charge is 0.157 e. The van der Waals surface area contributed by atoms with E-state index in [1.165, 1.54) is 5.56 Å². The van der Waals surface area contributed by atoms with E-state index in [-0.39, 0.29) is 6.23 Å². The summed E-state index contributed by atoms with van der Waals surface area (Å²) >= 11 is 5.94. The highest BCUT2D eigenvalue weighted by Gasteiger charge is 2.29. The maximum atomic E-state index is 5.94. The lowest BCUT2D eigenvalue weighted by molar-refractivity contribution is 0.0252. The monoisotopic (exact) mass is 384 g/mol. The zero-order valence-electron chi connectivity index (χ0n) is 15.1. The highest BCUT2D eigenvalue weighted by Crippen LogP contribution is 2.27. The van der Waals surface area contributed by atoms with Crippen LogP contribution >= 0.6 is 11.6 Å². The first-order valence-electron chi connectivity index (χ1n) is 8.84. The predicted octanol–water partition coefficient (Wildman–Crippen LogP) is 3.52. The number of aromatic nitrogens is 3. The molecule has 1 fully saturated rings. The van der Waals surface area contributed by atoms with Crippen molar-refractivity contribution in [1.29, 1.82) is 0 Å². The van der Waals surface area contributed by atoms with Gasteiger partial charge in [-0.15, -0.1) is 5.10 Å². The lowest BCUT2D eigenvalue weighted by Gasteiger charge is -2.21. The van der Waals surface area contributed by atoms with Crippen LogP contribution in [-0.4, -0.2) is 40.2 Å². The van der Waals surface area contributed by atoms with Gasteiger partial charge in [-0.3, -0.25) is 4.90 Å². The van der Waals surface area contributed by atoms with Crippen molar-refractivity contribution in [3.05, 3.63) is 76.6 Å². The third kappa shape index (κ3) is 4.30. The van der Waals surface area contributed by atoms with Crippen LogP contribution in [0.15, 0.2) is 54.7 Å². The van der Waals surface area contributed by atoms with Gasteiger partial charge in [0.05, 0.1) is 26.5 Å². The molecular formula is C20H21ClN4O2. The van der Waals surface area contributed by atoms with Crippen molar-refractivity contribution in [3.8, 4) is 5.75 Å². The molecule has 1 aliphatic rings. The lowest BCUT2D eigenvalue weighted by atomic mass is 10.2. The molecular weight excluding hydrogens is 364 g/mol. The average Bonchev–Trinajstić information content (AvgIpc) is 3.33. The van der Waals surface area contributed by atoms with Crippen LogP contribution in [0.4, 0.5) is 0 Å². The molecule has 0 bridgehead atoms. The average molecular weight is 385 g/mol. The molecule has 4 rings (SSSR count). The molecule has 0 amide bonds. The van der Waals surface area contributed by atoms with Crippen molar-refractivity contribution < 1.29 is 9.47 Å². The van der Waals surface area contributed by atoms with E-state index in [0.29, 0.717) is 13.2 Å². The standard InChI is InChI=1S/C20H21ClN4O2/c1-26-18-8-4-15(5-9-18)12-24-10-11-27-20(24)19-14-25(23-22-19)13-16-2-6-17(21)7-3-16/h2-9,14,20H,10-13H2,1H3/t20-/m1/s1. The molecule has 3 aromatic rings. The van der Waals surface area contributed by atoms with Crippen LogP contribution in [0.2, 0.25) is 5.02 Å². The van der Waals surface area contributed by atoms with Crippen LogP contribution in [0.5, 0.6) is 5.75 Å². The Kier molecular flexibility index (Phi) is 5.38. The second-order valence-electron chi connectivity index (χ2n) is 6.51. The van der Waals surface area contributed by atoms with Crippen LogP contribution in [0, 0.1) is 0 Å². The lowest BCUT2D eigenvalue weighted by Crippen LogP contribution is -2.23. The van der Waals surface area contributed by atoms with Crippen LogP contribution in [0.25, 0.3) is 0 Å². The first-order valence-corrected chi connectivity index (χ1v) is 9.22. The fourth-order valence-corrected chi connectivity index (χ4v) is 3.31. The van der Waals surface area contributed by atoms with Gasteiger partial charge in [0.1, 0.15) is 11.4 Å². The molecule has 140 valence electrons. The number of benzene rings is 2. The number of hydrogen-bond donors (Lipinski definition) is 0. The number of hydrogen-bond acceptors (Lipinski definition) is 5. The second-order valence-corrected chi connectivity index (χ2v) is 6.95. The van der Waals surface area contributed by atoms with Gasteiger partial charge >= 0.3 is 0 Å². The molecule has 7 heteroatoms. The third-order valence-corrected chi connectivity index (χ3v) is 4.85. The third-order valence-electron chi connectivity index (χ3n) is 4.60. The van der Waals surface area contributed by atoms with Gasteiger partial charge in [0.15, 0.2) is 6.23 Å². The van der Waals surface area contributed by atoms with E-state index in [9.17, 15) is 0 Å². The second kappa shape index (κ2) is 8.08. The number of ether oxygens (including phenoxy) is 2. The summed E-state index contributed by atoms with van der Waals surface area (Å²) in [5.41, 5.74) is 3.16. The van der Waals surface area contributed by atoms with Gasteiger partial charge in [-0.25, -0.2) is 4.68 Å². The fraction of sp³-hybridized carbons (Fsp3) is 0.300. The number of halogens is 1. The molecule has 0 radical (unpaired) electrons. The zero-order chi connectivity index (χ0) is 18.6. The SMILES string of the molecule is COc1ccc(CN2CCO[C@@H]2c2cn(Cc3ccc(Cl)cc3)nn2)cc1. The van der Waals surface area contributed by atoms with Gasteiger partial charge in [0.25, 0.3) is 0 Å². The zero-order valence-corrected chi connectivity index (χ0v) is 15.8. The maximum Gasteiger partial charge on any atom is 0.157 e. The molecule has 0 unspecified atom stereocenters. The van der Waals surface area contributed by atoms with Gasteiger partial charge < -0.3 is 9.47 Å². The quantitative estimate of drug-likeness (QED) is 0.650. The summed E-state index contributed by atoms with van der Waals surface area (Å²) in [7, 11) is 1.67. The summed E-state index contributed by atoms with van der Waals surface area (Å²) in [6, 6.07) is 15.8. The van der Waals surface area contributed by atoms with Crippen LogP contribution in [-0.2, 0) is 17.8 Å². The number of rotatable bonds is 6. The molecule has 1 saturated heterocycles. The first kappa shape index (κ1) is 18.0. The van der Waals surface area contributed by atoms with Crippen molar-refractivity contribution >= 4 is 11.6 Å². The Balaban J connectivity index is 1.43. The van der Waals surface area contributed by atoms with Gasteiger partial charge in [-0.1, -0.05) is 41.1 Å². The number of nitrogens with zero attached hydrogens (tertiary/aromatic N) is 4. The molecule has 1 aliphatic heterocycles. The minimum atomic E-state index is -0.175. The summed E-state index contributed by atoms with van der Waals surface area (Å²) in [5.74, 6) is 0.859. The molecule has 2 aromatic carbocycles. The molecule has 27 heavy (non-hydrogen) atoms. The van der Waals surface area contributed by atoms with E-state index in [2.05, 4.69) is 27.3 Å². The summed E-state index contributed by atoms with van der Waals surface area (Å²) in [6.45, 7) is 2.99. The molecule has 1 atom stereocenters. The van der Waals surface area contributed by atoms with Crippen molar-refractivity contribution in [2.75, 3.05) is 20.3 Å². The van der Waals surface area contributed by atoms with E-state index >= 15 is 0 Å². The largest absolute Gasteiger partial charge is 0.497 e. The van der Waals surface area contributed by atoms with Crippen molar-refractivity contribution in [2.45, 2.75) is 19.3 Å². The maximum absolute atomic E-state index is 5.94. The highest BCUT2D eigenvalue weighted by molar-refractivity contribution is 6.30. The summed E-state index contributed by atoms with van der Waals surface area (Å²) < 4.78 is 13.0. The van der Waals surface area contributed by atoms with E-state index in [1.54, 1.807) is 7.11 Å². The van der Waals surface area contributed by atoms with Gasteiger partial charge in [-0.05, 0) is 35.4 Å². The topological polar surface area (TPSA) is 52.4 Å². The Labute approximate surface area is 163 Å². The van der Waals surface area contributed by atoms with E-state index in [4.69, 9.17) is 21.1 Å². The molecule has 0 N–H and O–H groups in total. The Morgan fingerprint density at radius 1 is 1.07 bits per heavy atom. The molecule has 0 spiro atoms. The normalized spacial score (nSPS) is 17.3. The Morgan fingerprint density at radius 3 is 2.52 bits per heavy atom. The van der Waals surface area contributed by atoms with E-state index in [0.717, 1.165) is 35.1 Å². The van der Waals surface area contributed by atoms with Crippen LogP contribution < -0.4 is 4.74 Å². The van der Waals surface area contributed by atoms with Crippen molar-refractivity contribution in [1.82, 2.24) is 19.9 Å². The number of methoxy groups -OCH3 is 1. The van der Waals surface area contributed by atoms with Crippen LogP contribution in [0.1, 0.15) is 23.0 Å². The van der Waals surface area contributed by atoms with Gasteiger partial charge in [0.2, 0.25) is 0 Å². The summed E-state index contributed by atoms with van der Waals surface area (Å²) in [5, 5.41) is 9.31. The summed E-state index contributed by atoms with van der Waals surface area (Å²) in [4.78, 5) is 2.26. The minimum Gasteiger partial charge on any atom is -0.497 e. The minimum absolute atomic E-state index is 0.175. The molecule has 0 saturated carbocycles. The summed E-state index contributed by atoms with van der Waals surface area (Å²) in [6.07, 6.45) is 1.78. The Bertz CT molecular complexity index is 880. The molecule has 6 nitrogen and oxygen atoms in total. The molecule has 0 aliphatic carbocycles. The fourth-order valence-electron chi connectivity index (χ4n) is 3.18. The predicted molar refractivity (Wildman–Crippen MR) is 103 cm³/mol. The van der Waals surface area contributed by atoms with E-state index < -0.39 is 0 Å². The van der Waals surface area contributed by atoms with Crippen LogP contribution in [0.3, 0.4) is 0 Å². The van der Waals surface area contributed by atoms with Gasteiger partial charge in [-0.2, -0.15) is 0 Å². The highest BCUT2D eigenvalue weighted by atomic mass is 35.5. The van der Waals surface area contributed by atoms with E-state index in [1.807, 2.05) is 47.3 Å². The Hall–Kier alpha value is -2.41. The van der Waals surface area contributed by atoms with Crippen molar-refractivity contribution in [3.63, 3.8) is 0 Å². The van der Waals surface area contributed by atoms with Crippen molar-refractivity contribution in [2.24, 2.45) is 0 Å². The molecule has 1 aromatic heterocycles. The molecule has 2 heterocycles.